The molecule has 6 nitrogen and oxygen atoms in total. The summed E-state index contributed by atoms with van der Waals surface area (Å²) in [5.41, 5.74) is 2.96. The first-order valence-electron chi connectivity index (χ1n) is 9.93. The van der Waals surface area contributed by atoms with E-state index in [9.17, 15) is 4.79 Å². The van der Waals surface area contributed by atoms with Crippen LogP contribution < -0.4 is 14.4 Å². The van der Waals surface area contributed by atoms with Crippen LogP contribution in [-0.4, -0.2) is 49.6 Å². The molecule has 0 unspecified atom stereocenters. The Morgan fingerprint density at radius 2 is 1.68 bits per heavy atom. The van der Waals surface area contributed by atoms with Gasteiger partial charge in [0.2, 0.25) is 0 Å². The third kappa shape index (κ3) is 3.63. The van der Waals surface area contributed by atoms with Crippen LogP contribution in [0.4, 0.5) is 5.82 Å². The van der Waals surface area contributed by atoms with E-state index in [1.54, 1.807) is 20.4 Å². The number of amides is 1. The molecule has 3 heterocycles. The van der Waals surface area contributed by atoms with Crippen molar-refractivity contribution in [2.45, 2.75) is 32.2 Å². The normalized spacial score (nSPS) is 16.5. The first kappa shape index (κ1) is 18.6. The van der Waals surface area contributed by atoms with E-state index in [4.69, 9.17) is 9.47 Å². The molecule has 0 spiro atoms. The van der Waals surface area contributed by atoms with E-state index in [1.165, 1.54) is 24.8 Å². The van der Waals surface area contributed by atoms with Crippen LogP contribution >= 0.6 is 0 Å². The summed E-state index contributed by atoms with van der Waals surface area (Å²) in [6.45, 7) is 3.36. The minimum Gasteiger partial charge on any atom is -0.493 e. The van der Waals surface area contributed by atoms with Crippen LogP contribution in [0.1, 0.15) is 40.7 Å². The Hall–Kier alpha value is -2.76. The number of fused-ring (bicyclic) bond motifs is 1. The maximum absolute atomic E-state index is 13.0. The molecule has 0 aliphatic carbocycles. The molecule has 6 heteroatoms. The molecule has 0 N–H and O–H groups in total. The van der Waals surface area contributed by atoms with Gasteiger partial charge in [0.15, 0.2) is 11.5 Å². The first-order valence-corrected chi connectivity index (χ1v) is 9.93. The molecule has 1 fully saturated rings. The van der Waals surface area contributed by atoms with E-state index >= 15 is 0 Å². The molecule has 1 aromatic heterocycles. The Morgan fingerprint density at radius 3 is 2.32 bits per heavy atom. The standard InChI is InChI=1S/C22H27N3O3/c1-27-19-12-16-8-11-25(15-18(16)13-20(19)28-2)22(26)17-6-7-21(23-14-17)24-9-4-3-5-10-24/h6-7,12-14H,3-5,8-11,15H2,1-2H3. The summed E-state index contributed by atoms with van der Waals surface area (Å²) in [6, 6.07) is 7.88. The lowest BCUT2D eigenvalue weighted by Gasteiger charge is -2.30. The Labute approximate surface area is 166 Å². The number of hydrogen-bond acceptors (Lipinski definition) is 5. The number of carbonyl (C=O) groups excluding carboxylic acids is 1. The number of hydrogen-bond donors (Lipinski definition) is 0. The number of piperidine rings is 1. The molecule has 4 rings (SSSR count). The molecule has 2 aromatic rings. The maximum atomic E-state index is 13.0. The number of ether oxygens (including phenoxy) is 2. The zero-order chi connectivity index (χ0) is 19.5. The molecular weight excluding hydrogens is 354 g/mol. The minimum atomic E-state index is 0.0260. The van der Waals surface area contributed by atoms with Gasteiger partial charge in [0, 0.05) is 32.4 Å². The van der Waals surface area contributed by atoms with Crippen molar-refractivity contribution < 1.29 is 14.3 Å². The van der Waals surface area contributed by atoms with E-state index in [1.807, 2.05) is 29.2 Å². The maximum Gasteiger partial charge on any atom is 0.255 e. The fourth-order valence-corrected chi connectivity index (χ4v) is 4.06. The van der Waals surface area contributed by atoms with Crippen molar-refractivity contribution in [2.24, 2.45) is 0 Å². The van der Waals surface area contributed by atoms with Crippen LogP contribution in [-0.2, 0) is 13.0 Å². The second-order valence-corrected chi connectivity index (χ2v) is 7.41. The van der Waals surface area contributed by atoms with Crippen molar-refractivity contribution in [1.29, 1.82) is 0 Å². The lowest BCUT2D eigenvalue weighted by atomic mass is 9.98. The van der Waals surface area contributed by atoms with Gasteiger partial charge in [-0.2, -0.15) is 0 Å². The van der Waals surface area contributed by atoms with Gasteiger partial charge < -0.3 is 19.3 Å². The highest BCUT2D eigenvalue weighted by Crippen LogP contribution is 2.33. The summed E-state index contributed by atoms with van der Waals surface area (Å²) in [4.78, 5) is 21.7. The molecule has 1 aromatic carbocycles. The van der Waals surface area contributed by atoms with Gasteiger partial charge in [-0.1, -0.05) is 0 Å². The van der Waals surface area contributed by atoms with E-state index in [2.05, 4.69) is 9.88 Å². The van der Waals surface area contributed by atoms with Gasteiger partial charge in [-0.25, -0.2) is 4.98 Å². The summed E-state index contributed by atoms with van der Waals surface area (Å²) in [7, 11) is 3.27. The fourth-order valence-electron chi connectivity index (χ4n) is 4.06. The molecular formula is C22H27N3O3. The zero-order valence-electron chi connectivity index (χ0n) is 16.6. The van der Waals surface area contributed by atoms with Gasteiger partial charge in [0.05, 0.1) is 19.8 Å². The van der Waals surface area contributed by atoms with Crippen LogP contribution in [0, 0.1) is 0 Å². The second-order valence-electron chi connectivity index (χ2n) is 7.41. The van der Waals surface area contributed by atoms with Crippen LogP contribution in [0.15, 0.2) is 30.5 Å². The van der Waals surface area contributed by atoms with Gasteiger partial charge in [-0.05, 0) is 61.1 Å². The van der Waals surface area contributed by atoms with Crippen molar-refractivity contribution >= 4 is 11.7 Å². The smallest absolute Gasteiger partial charge is 0.255 e. The van der Waals surface area contributed by atoms with Gasteiger partial charge in [0.1, 0.15) is 5.82 Å². The number of aromatic nitrogens is 1. The minimum absolute atomic E-state index is 0.0260. The van der Waals surface area contributed by atoms with Crippen molar-refractivity contribution in [3.63, 3.8) is 0 Å². The third-order valence-electron chi connectivity index (χ3n) is 5.68. The quantitative estimate of drug-likeness (QED) is 0.813. The first-order chi connectivity index (χ1) is 13.7. The molecule has 0 atom stereocenters. The highest BCUT2D eigenvalue weighted by atomic mass is 16.5. The molecule has 1 amide bonds. The van der Waals surface area contributed by atoms with E-state index in [0.29, 0.717) is 24.4 Å². The molecule has 0 bridgehead atoms. The van der Waals surface area contributed by atoms with Crippen molar-refractivity contribution in [1.82, 2.24) is 9.88 Å². The van der Waals surface area contributed by atoms with Crippen LogP contribution in [0.25, 0.3) is 0 Å². The number of anilines is 1. The lowest BCUT2D eigenvalue weighted by Crippen LogP contribution is -2.36. The SMILES string of the molecule is COc1cc2c(cc1OC)CN(C(=O)c1ccc(N3CCCCC3)nc1)CC2. The van der Waals surface area contributed by atoms with E-state index in [-0.39, 0.29) is 5.91 Å². The number of benzene rings is 1. The molecule has 0 saturated carbocycles. The summed E-state index contributed by atoms with van der Waals surface area (Å²) in [5, 5.41) is 0. The summed E-state index contributed by atoms with van der Waals surface area (Å²) >= 11 is 0. The molecule has 0 radical (unpaired) electrons. The summed E-state index contributed by atoms with van der Waals surface area (Å²) < 4.78 is 10.8. The predicted molar refractivity (Wildman–Crippen MR) is 108 cm³/mol. The van der Waals surface area contributed by atoms with Crippen molar-refractivity contribution in [2.75, 3.05) is 38.8 Å². The Kier molecular flexibility index (Phi) is 5.37. The lowest BCUT2D eigenvalue weighted by molar-refractivity contribution is 0.0734. The Balaban J connectivity index is 1.48. The largest absolute Gasteiger partial charge is 0.493 e. The number of pyridine rings is 1. The average Bonchev–Trinajstić information content (AvgIpc) is 2.78. The number of nitrogens with zero attached hydrogens (tertiary/aromatic N) is 3. The summed E-state index contributed by atoms with van der Waals surface area (Å²) in [6.07, 6.45) is 6.24. The molecule has 148 valence electrons. The third-order valence-corrected chi connectivity index (χ3v) is 5.68. The molecule has 2 aliphatic rings. The number of methoxy groups -OCH3 is 2. The highest BCUT2D eigenvalue weighted by molar-refractivity contribution is 5.94. The highest BCUT2D eigenvalue weighted by Gasteiger charge is 2.24. The van der Waals surface area contributed by atoms with Crippen LogP contribution in [0.2, 0.25) is 0 Å². The Bertz CT molecular complexity index is 845. The van der Waals surface area contributed by atoms with Gasteiger partial charge in [0.25, 0.3) is 5.91 Å². The van der Waals surface area contributed by atoms with Crippen LogP contribution in [0.3, 0.4) is 0 Å². The van der Waals surface area contributed by atoms with Gasteiger partial charge in [-0.3, -0.25) is 4.79 Å². The van der Waals surface area contributed by atoms with Crippen molar-refractivity contribution in [3.8, 4) is 11.5 Å². The monoisotopic (exact) mass is 381 g/mol. The average molecular weight is 381 g/mol. The van der Waals surface area contributed by atoms with Crippen LogP contribution in [0.5, 0.6) is 11.5 Å². The molecule has 2 aliphatic heterocycles. The van der Waals surface area contributed by atoms with Gasteiger partial charge in [-0.15, -0.1) is 0 Å². The fraction of sp³-hybridized carbons (Fsp3) is 0.455. The molecule has 1 saturated heterocycles. The topological polar surface area (TPSA) is 54.9 Å². The number of rotatable bonds is 4. The van der Waals surface area contributed by atoms with E-state index in [0.717, 1.165) is 36.6 Å². The number of carbonyl (C=O) groups is 1. The zero-order valence-corrected chi connectivity index (χ0v) is 16.6. The second kappa shape index (κ2) is 8.09. The van der Waals surface area contributed by atoms with E-state index < -0.39 is 0 Å². The Morgan fingerprint density at radius 1 is 0.964 bits per heavy atom. The summed E-state index contributed by atoms with van der Waals surface area (Å²) in [5.74, 6) is 2.43. The van der Waals surface area contributed by atoms with Crippen molar-refractivity contribution in [3.05, 3.63) is 47.2 Å². The van der Waals surface area contributed by atoms with Gasteiger partial charge >= 0.3 is 0 Å². The molecule has 28 heavy (non-hydrogen) atoms. The predicted octanol–water partition coefficient (Wildman–Crippen LogP) is 3.29.